The highest BCUT2D eigenvalue weighted by Crippen LogP contribution is 1.99. The first-order valence-electron chi connectivity index (χ1n) is 4.64. The molecule has 0 saturated heterocycles. The molecule has 6 nitrogen and oxygen atoms in total. The van der Waals surface area contributed by atoms with E-state index in [-0.39, 0.29) is 5.56 Å². The van der Waals surface area contributed by atoms with Gasteiger partial charge in [-0.25, -0.2) is 4.79 Å². The van der Waals surface area contributed by atoms with E-state index in [2.05, 4.69) is 10.3 Å². The van der Waals surface area contributed by atoms with Crippen LogP contribution in [0.1, 0.15) is 17.3 Å². The highest BCUT2D eigenvalue weighted by atomic mass is 16.4. The predicted octanol–water partition coefficient (Wildman–Crippen LogP) is -0.355. The van der Waals surface area contributed by atoms with Gasteiger partial charge in [-0.15, -0.1) is 0 Å². The second-order valence-corrected chi connectivity index (χ2v) is 3.27. The molecular formula is C10H12N2O4. The molecule has 0 spiro atoms. The van der Waals surface area contributed by atoms with Crippen LogP contribution in [0.15, 0.2) is 24.5 Å². The van der Waals surface area contributed by atoms with Crippen LogP contribution in [0, 0.1) is 0 Å². The van der Waals surface area contributed by atoms with Gasteiger partial charge >= 0.3 is 5.97 Å². The summed E-state index contributed by atoms with van der Waals surface area (Å²) in [6.07, 6.45) is 1.65. The zero-order valence-corrected chi connectivity index (χ0v) is 8.62. The number of hydrogen-bond acceptors (Lipinski definition) is 4. The van der Waals surface area contributed by atoms with Gasteiger partial charge in [0.1, 0.15) is 0 Å². The number of rotatable bonds is 4. The Morgan fingerprint density at radius 3 is 2.62 bits per heavy atom. The average molecular weight is 224 g/mol. The molecule has 0 aliphatic carbocycles. The van der Waals surface area contributed by atoms with Crippen molar-refractivity contribution in [3.8, 4) is 0 Å². The van der Waals surface area contributed by atoms with Crippen LogP contribution in [0.2, 0.25) is 0 Å². The molecule has 3 N–H and O–H groups in total. The number of carbonyl (C=O) groups excluding carboxylic acids is 1. The molecule has 1 heterocycles. The Morgan fingerprint density at radius 1 is 1.50 bits per heavy atom. The maximum absolute atomic E-state index is 11.5. The number of carboxylic acids is 1. The number of nitrogens with one attached hydrogen (secondary N) is 1. The van der Waals surface area contributed by atoms with Crippen LogP contribution >= 0.6 is 0 Å². The molecule has 0 fully saturated rings. The SMILES string of the molecule is C[C@@H](O)[C@H](NC(=O)c1cccnc1)C(=O)O. The van der Waals surface area contributed by atoms with Gasteiger partial charge in [0.25, 0.3) is 5.91 Å². The number of aliphatic hydroxyl groups excluding tert-OH is 1. The molecule has 2 atom stereocenters. The number of amides is 1. The zero-order chi connectivity index (χ0) is 12.1. The largest absolute Gasteiger partial charge is 0.480 e. The van der Waals surface area contributed by atoms with Gasteiger partial charge in [0.15, 0.2) is 6.04 Å². The van der Waals surface area contributed by atoms with Crippen LogP contribution < -0.4 is 5.32 Å². The molecule has 0 radical (unpaired) electrons. The Kier molecular flexibility index (Phi) is 3.96. The molecule has 1 rings (SSSR count). The second kappa shape index (κ2) is 5.22. The Bertz CT molecular complexity index is 378. The molecule has 0 aliphatic rings. The van der Waals surface area contributed by atoms with E-state index in [1.807, 2.05) is 0 Å². The van der Waals surface area contributed by atoms with Crippen molar-refractivity contribution < 1.29 is 19.8 Å². The minimum absolute atomic E-state index is 0.245. The van der Waals surface area contributed by atoms with Crippen LogP contribution in [0.3, 0.4) is 0 Å². The van der Waals surface area contributed by atoms with Gasteiger partial charge in [0.2, 0.25) is 0 Å². The van der Waals surface area contributed by atoms with E-state index in [4.69, 9.17) is 10.2 Å². The molecule has 16 heavy (non-hydrogen) atoms. The number of aromatic nitrogens is 1. The fourth-order valence-corrected chi connectivity index (χ4v) is 1.11. The molecule has 0 aliphatic heterocycles. The van der Waals surface area contributed by atoms with Crippen molar-refractivity contribution in [2.45, 2.75) is 19.1 Å². The molecule has 0 bridgehead atoms. The molecule has 0 unspecified atom stereocenters. The highest BCUT2D eigenvalue weighted by molar-refractivity contribution is 5.96. The molecule has 0 saturated carbocycles. The Hall–Kier alpha value is -1.95. The summed E-state index contributed by atoms with van der Waals surface area (Å²) in [5.41, 5.74) is 0.245. The van der Waals surface area contributed by atoms with Crippen molar-refractivity contribution in [3.63, 3.8) is 0 Å². The van der Waals surface area contributed by atoms with Crippen molar-refractivity contribution in [2.75, 3.05) is 0 Å². The molecular weight excluding hydrogens is 212 g/mol. The van der Waals surface area contributed by atoms with Gasteiger partial charge in [-0.05, 0) is 19.1 Å². The zero-order valence-electron chi connectivity index (χ0n) is 8.62. The lowest BCUT2D eigenvalue weighted by atomic mass is 10.1. The summed E-state index contributed by atoms with van der Waals surface area (Å²) in [6.45, 7) is 1.29. The van der Waals surface area contributed by atoms with Crippen molar-refractivity contribution in [1.29, 1.82) is 0 Å². The summed E-state index contributed by atoms with van der Waals surface area (Å²) < 4.78 is 0. The summed E-state index contributed by atoms with van der Waals surface area (Å²) in [4.78, 5) is 26.0. The Morgan fingerprint density at radius 2 is 2.19 bits per heavy atom. The smallest absolute Gasteiger partial charge is 0.328 e. The Balaban J connectivity index is 2.74. The number of nitrogens with zero attached hydrogens (tertiary/aromatic N) is 1. The lowest BCUT2D eigenvalue weighted by Gasteiger charge is -2.16. The van der Waals surface area contributed by atoms with Crippen molar-refractivity contribution in [2.24, 2.45) is 0 Å². The second-order valence-electron chi connectivity index (χ2n) is 3.27. The normalized spacial score (nSPS) is 13.9. The number of hydrogen-bond donors (Lipinski definition) is 3. The summed E-state index contributed by atoms with van der Waals surface area (Å²) in [5.74, 6) is -1.87. The number of carbonyl (C=O) groups is 2. The summed E-state index contributed by atoms with van der Waals surface area (Å²) >= 11 is 0. The lowest BCUT2D eigenvalue weighted by Crippen LogP contribution is -2.47. The molecule has 1 aromatic heterocycles. The van der Waals surface area contributed by atoms with E-state index in [0.29, 0.717) is 0 Å². The first kappa shape index (κ1) is 12.1. The number of aliphatic carboxylic acids is 1. The van der Waals surface area contributed by atoms with Gasteiger partial charge in [-0.3, -0.25) is 9.78 Å². The fraction of sp³-hybridized carbons (Fsp3) is 0.300. The number of pyridine rings is 1. The van der Waals surface area contributed by atoms with Crippen LogP contribution in [-0.2, 0) is 4.79 Å². The van der Waals surface area contributed by atoms with Crippen LogP contribution in [0.5, 0.6) is 0 Å². The molecule has 86 valence electrons. The summed E-state index contributed by atoms with van der Waals surface area (Å²) in [5, 5.41) is 20.1. The van der Waals surface area contributed by atoms with Gasteiger partial charge in [-0.1, -0.05) is 0 Å². The third kappa shape index (κ3) is 3.03. The third-order valence-corrected chi connectivity index (χ3v) is 1.96. The van der Waals surface area contributed by atoms with Gasteiger partial charge < -0.3 is 15.5 Å². The van der Waals surface area contributed by atoms with Gasteiger partial charge in [0.05, 0.1) is 11.7 Å². The van der Waals surface area contributed by atoms with E-state index in [9.17, 15) is 9.59 Å². The molecule has 1 aromatic rings. The predicted molar refractivity (Wildman–Crippen MR) is 54.8 cm³/mol. The quantitative estimate of drug-likeness (QED) is 0.649. The minimum Gasteiger partial charge on any atom is -0.480 e. The van der Waals surface area contributed by atoms with Crippen molar-refractivity contribution >= 4 is 11.9 Å². The molecule has 0 aromatic carbocycles. The minimum atomic E-state index is -1.33. The van der Waals surface area contributed by atoms with Crippen molar-refractivity contribution in [1.82, 2.24) is 10.3 Å². The first-order valence-corrected chi connectivity index (χ1v) is 4.64. The van der Waals surface area contributed by atoms with E-state index in [1.54, 1.807) is 6.07 Å². The van der Waals surface area contributed by atoms with E-state index < -0.39 is 24.0 Å². The molecule has 6 heteroatoms. The van der Waals surface area contributed by atoms with E-state index in [0.717, 1.165) is 0 Å². The van der Waals surface area contributed by atoms with Crippen LogP contribution in [-0.4, -0.2) is 39.2 Å². The van der Waals surface area contributed by atoms with E-state index in [1.165, 1.54) is 25.4 Å². The lowest BCUT2D eigenvalue weighted by molar-refractivity contribution is -0.141. The topological polar surface area (TPSA) is 99.5 Å². The maximum Gasteiger partial charge on any atom is 0.328 e. The fourth-order valence-electron chi connectivity index (χ4n) is 1.11. The summed E-state index contributed by atoms with van der Waals surface area (Å²) in [6, 6.07) is 1.74. The highest BCUT2D eigenvalue weighted by Gasteiger charge is 2.25. The maximum atomic E-state index is 11.5. The van der Waals surface area contributed by atoms with Crippen LogP contribution in [0.4, 0.5) is 0 Å². The van der Waals surface area contributed by atoms with Gasteiger partial charge in [-0.2, -0.15) is 0 Å². The standard InChI is InChI=1S/C10H12N2O4/c1-6(13)8(10(15)16)12-9(14)7-3-2-4-11-5-7/h2-6,8,13H,1H3,(H,12,14)(H,15,16)/t6-,8+/m1/s1. The van der Waals surface area contributed by atoms with Crippen LogP contribution in [0.25, 0.3) is 0 Å². The third-order valence-electron chi connectivity index (χ3n) is 1.96. The first-order chi connectivity index (χ1) is 7.52. The average Bonchev–Trinajstić information content (AvgIpc) is 2.25. The number of aliphatic hydroxyl groups is 1. The Labute approximate surface area is 91.9 Å². The van der Waals surface area contributed by atoms with Gasteiger partial charge in [0, 0.05) is 12.4 Å². The number of carboxylic acid groups (broad SMARTS) is 1. The van der Waals surface area contributed by atoms with Crippen molar-refractivity contribution in [3.05, 3.63) is 30.1 Å². The summed E-state index contributed by atoms with van der Waals surface area (Å²) in [7, 11) is 0. The van der Waals surface area contributed by atoms with E-state index >= 15 is 0 Å². The monoisotopic (exact) mass is 224 g/mol. The molecule has 1 amide bonds.